The molecule has 2 aliphatic rings. The van der Waals surface area contributed by atoms with Crippen LogP contribution in [-0.2, 0) is 14.3 Å². The third kappa shape index (κ3) is 6.66. The standard InChI is InChI=1S/C31H38N2O7/c1-4-18-40-25-13-10-23(21-26(25)39-6-3)28-27(29(34)22-8-11-24(12-9-22)38-5-2)30(35)31(36)33(28)15-7-14-32-16-19-37-20-17-32/h4,8-13,21,28,34H,1,5-7,14-20H2,2-3H3/b29-27+. The number of hydrogen-bond donors (Lipinski definition) is 1. The number of aliphatic hydroxyl groups excluding tert-OH is 1. The van der Waals surface area contributed by atoms with Crippen molar-refractivity contribution in [3.05, 3.63) is 71.8 Å². The van der Waals surface area contributed by atoms with Crippen molar-refractivity contribution in [1.82, 2.24) is 9.80 Å². The lowest BCUT2D eigenvalue weighted by molar-refractivity contribution is -0.140. The van der Waals surface area contributed by atoms with Gasteiger partial charge in [0.05, 0.1) is 38.0 Å². The molecule has 2 heterocycles. The molecule has 4 rings (SSSR count). The monoisotopic (exact) mass is 550 g/mol. The Hall–Kier alpha value is -3.82. The fourth-order valence-electron chi connectivity index (χ4n) is 5.01. The van der Waals surface area contributed by atoms with Crippen molar-refractivity contribution in [3.8, 4) is 17.2 Å². The zero-order valence-electron chi connectivity index (χ0n) is 23.3. The molecule has 2 fully saturated rings. The van der Waals surface area contributed by atoms with E-state index in [9.17, 15) is 14.7 Å². The largest absolute Gasteiger partial charge is 0.507 e. The van der Waals surface area contributed by atoms with Crippen LogP contribution in [0, 0.1) is 0 Å². The third-order valence-electron chi connectivity index (χ3n) is 6.90. The summed E-state index contributed by atoms with van der Waals surface area (Å²) in [7, 11) is 0. The van der Waals surface area contributed by atoms with E-state index in [1.54, 1.807) is 53.4 Å². The summed E-state index contributed by atoms with van der Waals surface area (Å²) in [4.78, 5) is 30.7. The van der Waals surface area contributed by atoms with Crippen LogP contribution in [0.15, 0.2) is 60.7 Å². The first-order valence-corrected chi connectivity index (χ1v) is 13.8. The van der Waals surface area contributed by atoms with Crippen LogP contribution in [0.2, 0.25) is 0 Å². The van der Waals surface area contributed by atoms with Crippen LogP contribution in [0.5, 0.6) is 17.2 Å². The number of aliphatic hydroxyl groups is 1. The number of ether oxygens (including phenoxy) is 4. The minimum Gasteiger partial charge on any atom is -0.507 e. The van der Waals surface area contributed by atoms with Gasteiger partial charge in [-0.25, -0.2) is 0 Å². The second-order valence-electron chi connectivity index (χ2n) is 9.50. The Balaban J connectivity index is 1.72. The molecule has 0 aliphatic carbocycles. The number of rotatable bonds is 13. The van der Waals surface area contributed by atoms with Crippen LogP contribution >= 0.6 is 0 Å². The van der Waals surface area contributed by atoms with Crippen molar-refractivity contribution >= 4 is 17.4 Å². The first-order valence-electron chi connectivity index (χ1n) is 13.8. The lowest BCUT2D eigenvalue weighted by Crippen LogP contribution is -2.39. The highest BCUT2D eigenvalue weighted by Crippen LogP contribution is 2.42. The topological polar surface area (TPSA) is 97.8 Å². The van der Waals surface area contributed by atoms with E-state index in [1.807, 2.05) is 13.8 Å². The number of carbonyl (C=O) groups is 2. The van der Waals surface area contributed by atoms with Crippen molar-refractivity contribution in [2.45, 2.75) is 26.3 Å². The summed E-state index contributed by atoms with van der Waals surface area (Å²) in [5, 5.41) is 11.4. The van der Waals surface area contributed by atoms with Crippen molar-refractivity contribution in [1.29, 1.82) is 0 Å². The van der Waals surface area contributed by atoms with Crippen LogP contribution < -0.4 is 14.2 Å². The lowest BCUT2D eigenvalue weighted by Gasteiger charge is -2.29. The number of likely N-dealkylation sites (tertiary alicyclic amines) is 1. The molecule has 1 unspecified atom stereocenters. The molecule has 0 saturated carbocycles. The van der Waals surface area contributed by atoms with Crippen molar-refractivity contribution in [3.63, 3.8) is 0 Å². The zero-order chi connectivity index (χ0) is 28.5. The molecule has 9 nitrogen and oxygen atoms in total. The molecular formula is C31H38N2O7. The smallest absolute Gasteiger partial charge is 0.295 e. The molecule has 0 spiro atoms. The van der Waals surface area contributed by atoms with Crippen LogP contribution in [0.25, 0.3) is 5.76 Å². The SMILES string of the molecule is C=CCOc1ccc(C2/C(=C(\O)c3ccc(OCC)cc3)C(=O)C(=O)N2CCCN2CCOCC2)cc1OCC. The minimum absolute atomic E-state index is 0.0442. The molecule has 0 radical (unpaired) electrons. The number of benzene rings is 2. The van der Waals surface area contributed by atoms with Gasteiger partial charge in [-0.3, -0.25) is 14.5 Å². The van der Waals surface area contributed by atoms with Crippen LogP contribution in [-0.4, -0.2) is 85.8 Å². The number of hydrogen-bond acceptors (Lipinski definition) is 8. The molecule has 2 aromatic rings. The quantitative estimate of drug-likeness (QED) is 0.172. The van der Waals surface area contributed by atoms with E-state index < -0.39 is 17.7 Å². The molecule has 2 aromatic carbocycles. The van der Waals surface area contributed by atoms with E-state index in [0.717, 1.165) is 19.6 Å². The summed E-state index contributed by atoms with van der Waals surface area (Å²) < 4.78 is 22.5. The number of ketones is 1. The molecule has 2 saturated heterocycles. The molecule has 9 heteroatoms. The van der Waals surface area contributed by atoms with E-state index in [0.29, 0.717) is 74.4 Å². The maximum absolute atomic E-state index is 13.4. The van der Waals surface area contributed by atoms with Gasteiger partial charge in [-0.2, -0.15) is 0 Å². The Morgan fingerprint density at radius 3 is 2.40 bits per heavy atom. The molecule has 40 heavy (non-hydrogen) atoms. The molecule has 1 N–H and O–H groups in total. The second kappa shape index (κ2) is 14.0. The predicted molar refractivity (Wildman–Crippen MR) is 152 cm³/mol. The van der Waals surface area contributed by atoms with Gasteiger partial charge in [0.25, 0.3) is 11.7 Å². The Labute approximate surface area is 235 Å². The second-order valence-corrected chi connectivity index (χ2v) is 9.50. The third-order valence-corrected chi connectivity index (χ3v) is 6.90. The van der Waals surface area contributed by atoms with Gasteiger partial charge >= 0.3 is 0 Å². The lowest BCUT2D eigenvalue weighted by atomic mass is 9.95. The van der Waals surface area contributed by atoms with Gasteiger partial charge in [0.2, 0.25) is 0 Å². The van der Waals surface area contributed by atoms with Crippen molar-refractivity contribution < 1.29 is 33.6 Å². The van der Waals surface area contributed by atoms with E-state index in [4.69, 9.17) is 18.9 Å². The number of morpholine rings is 1. The summed E-state index contributed by atoms with van der Waals surface area (Å²) in [5.74, 6) is 0.0860. The summed E-state index contributed by atoms with van der Waals surface area (Å²) in [5.41, 5.74) is 1.12. The number of amides is 1. The Kier molecular flexibility index (Phi) is 10.2. The Bertz CT molecular complexity index is 1220. The van der Waals surface area contributed by atoms with Gasteiger partial charge in [-0.1, -0.05) is 18.7 Å². The first kappa shape index (κ1) is 29.2. The molecule has 2 aliphatic heterocycles. The van der Waals surface area contributed by atoms with Crippen LogP contribution in [0.4, 0.5) is 0 Å². The highest BCUT2D eigenvalue weighted by Gasteiger charge is 2.46. The summed E-state index contributed by atoms with van der Waals surface area (Å²) in [6, 6.07) is 11.4. The zero-order valence-corrected chi connectivity index (χ0v) is 23.3. The minimum atomic E-state index is -0.788. The van der Waals surface area contributed by atoms with Gasteiger partial charge in [-0.15, -0.1) is 0 Å². The maximum atomic E-state index is 13.4. The predicted octanol–water partition coefficient (Wildman–Crippen LogP) is 4.19. The fraction of sp³-hybridized carbons (Fsp3) is 0.419. The highest BCUT2D eigenvalue weighted by atomic mass is 16.5. The molecule has 0 bridgehead atoms. The Morgan fingerprint density at radius 2 is 1.73 bits per heavy atom. The molecule has 1 amide bonds. The summed E-state index contributed by atoms with van der Waals surface area (Å²) in [6.45, 7) is 12.8. The molecule has 214 valence electrons. The van der Waals surface area contributed by atoms with Crippen LogP contribution in [0.3, 0.4) is 0 Å². The summed E-state index contributed by atoms with van der Waals surface area (Å²) >= 11 is 0. The fourth-order valence-corrected chi connectivity index (χ4v) is 5.01. The molecular weight excluding hydrogens is 512 g/mol. The van der Waals surface area contributed by atoms with Gasteiger partial charge in [0.15, 0.2) is 11.5 Å². The summed E-state index contributed by atoms with van der Waals surface area (Å²) in [6.07, 6.45) is 2.31. The van der Waals surface area contributed by atoms with Gasteiger partial charge < -0.3 is 29.0 Å². The van der Waals surface area contributed by atoms with E-state index in [2.05, 4.69) is 11.5 Å². The van der Waals surface area contributed by atoms with E-state index in [-0.39, 0.29) is 11.3 Å². The average molecular weight is 551 g/mol. The molecule has 1 atom stereocenters. The van der Waals surface area contributed by atoms with Gasteiger partial charge in [0, 0.05) is 31.7 Å². The number of nitrogens with zero attached hydrogens (tertiary/aromatic N) is 2. The van der Waals surface area contributed by atoms with Crippen molar-refractivity contribution in [2.24, 2.45) is 0 Å². The first-order chi connectivity index (χ1) is 19.5. The highest BCUT2D eigenvalue weighted by molar-refractivity contribution is 6.46. The van der Waals surface area contributed by atoms with E-state index in [1.165, 1.54) is 0 Å². The Morgan fingerprint density at radius 1 is 1.00 bits per heavy atom. The maximum Gasteiger partial charge on any atom is 0.295 e. The number of carbonyl (C=O) groups excluding carboxylic acids is 2. The normalized spacial score (nSPS) is 19.1. The molecule has 0 aromatic heterocycles. The average Bonchev–Trinajstić information content (AvgIpc) is 3.22. The van der Waals surface area contributed by atoms with Gasteiger partial charge in [0.1, 0.15) is 18.1 Å². The van der Waals surface area contributed by atoms with E-state index >= 15 is 0 Å². The van der Waals surface area contributed by atoms with Gasteiger partial charge in [-0.05, 0) is 62.2 Å². The van der Waals surface area contributed by atoms with Crippen molar-refractivity contribution in [2.75, 3.05) is 59.2 Å². The number of Topliss-reactive ketones (excluding diaryl/α,β-unsaturated/α-hetero) is 1. The van der Waals surface area contributed by atoms with Crippen LogP contribution in [0.1, 0.15) is 37.4 Å².